The summed E-state index contributed by atoms with van der Waals surface area (Å²) in [6.45, 7) is 0.797. The van der Waals surface area contributed by atoms with Crippen LogP contribution >= 0.6 is 22.6 Å². The fraction of sp³-hybridized carbons (Fsp3) is 0.174. The Bertz CT molecular complexity index is 883. The van der Waals surface area contributed by atoms with Crippen LogP contribution in [-0.4, -0.2) is 19.1 Å². The Balaban J connectivity index is 1.47. The predicted molar refractivity (Wildman–Crippen MR) is 123 cm³/mol. The van der Waals surface area contributed by atoms with Crippen molar-refractivity contribution in [2.24, 2.45) is 0 Å². The van der Waals surface area contributed by atoms with Crippen molar-refractivity contribution in [1.82, 2.24) is 0 Å². The standard InChI is InChI=1S/C23H23IN2O2/c24-19-12-14-20(15-13-19)25-17-23(27)26-21-10-4-5-11-22(21)28-16-6-9-18-7-2-1-3-8-18/h1-5,7-8,10-15,25H,6,9,16-17H2,(H,26,27). The number of halogens is 1. The molecule has 0 spiro atoms. The van der Waals surface area contributed by atoms with E-state index in [0.29, 0.717) is 18.0 Å². The van der Waals surface area contributed by atoms with Gasteiger partial charge in [-0.2, -0.15) is 0 Å². The number of rotatable bonds is 9. The second kappa shape index (κ2) is 10.7. The van der Waals surface area contributed by atoms with E-state index in [1.165, 1.54) is 5.56 Å². The molecule has 0 saturated carbocycles. The first kappa shape index (κ1) is 20.2. The minimum Gasteiger partial charge on any atom is -0.491 e. The number of benzene rings is 3. The van der Waals surface area contributed by atoms with E-state index in [0.717, 1.165) is 22.1 Å². The maximum absolute atomic E-state index is 12.3. The molecule has 0 saturated heterocycles. The minimum absolute atomic E-state index is 0.112. The molecule has 2 N–H and O–H groups in total. The maximum atomic E-state index is 12.3. The quantitative estimate of drug-likeness (QED) is 0.317. The zero-order chi connectivity index (χ0) is 19.6. The van der Waals surface area contributed by atoms with Crippen LogP contribution in [0.25, 0.3) is 0 Å². The zero-order valence-corrected chi connectivity index (χ0v) is 17.7. The van der Waals surface area contributed by atoms with Gasteiger partial charge in [-0.1, -0.05) is 42.5 Å². The van der Waals surface area contributed by atoms with Crippen molar-refractivity contribution in [1.29, 1.82) is 0 Å². The van der Waals surface area contributed by atoms with Gasteiger partial charge < -0.3 is 15.4 Å². The normalized spacial score (nSPS) is 10.3. The van der Waals surface area contributed by atoms with Crippen LogP contribution in [0.5, 0.6) is 5.75 Å². The van der Waals surface area contributed by atoms with Crippen LogP contribution in [0.1, 0.15) is 12.0 Å². The highest BCUT2D eigenvalue weighted by Gasteiger charge is 2.07. The Morgan fingerprint density at radius 2 is 1.61 bits per heavy atom. The molecular formula is C23H23IN2O2. The third kappa shape index (κ3) is 6.56. The number of hydrogen-bond donors (Lipinski definition) is 2. The average molecular weight is 486 g/mol. The molecule has 28 heavy (non-hydrogen) atoms. The lowest BCUT2D eigenvalue weighted by Gasteiger charge is -2.13. The van der Waals surface area contributed by atoms with E-state index < -0.39 is 0 Å². The fourth-order valence-electron chi connectivity index (χ4n) is 2.74. The van der Waals surface area contributed by atoms with Crippen molar-refractivity contribution >= 4 is 39.9 Å². The monoisotopic (exact) mass is 486 g/mol. The Morgan fingerprint density at radius 1 is 0.893 bits per heavy atom. The van der Waals surface area contributed by atoms with Gasteiger partial charge in [0.2, 0.25) is 5.91 Å². The van der Waals surface area contributed by atoms with Gasteiger partial charge in [-0.05, 0) is 77.4 Å². The molecule has 3 rings (SSSR count). The van der Waals surface area contributed by atoms with E-state index >= 15 is 0 Å². The van der Waals surface area contributed by atoms with E-state index in [1.54, 1.807) is 0 Å². The second-order valence-electron chi connectivity index (χ2n) is 6.34. The third-order valence-corrected chi connectivity index (χ3v) is 4.89. The molecule has 4 nitrogen and oxygen atoms in total. The molecule has 0 aromatic heterocycles. The van der Waals surface area contributed by atoms with Crippen LogP contribution in [0.3, 0.4) is 0 Å². The number of carbonyl (C=O) groups excluding carboxylic acids is 1. The van der Waals surface area contributed by atoms with Crippen molar-refractivity contribution in [3.8, 4) is 5.75 Å². The van der Waals surface area contributed by atoms with Crippen LogP contribution < -0.4 is 15.4 Å². The third-order valence-electron chi connectivity index (χ3n) is 4.17. The second-order valence-corrected chi connectivity index (χ2v) is 7.59. The molecule has 3 aromatic rings. The molecule has 0 heterocycles. The van der Waals surface area contributed by atoms with Gasteiger partial charge in [0, 0.05) is 9.26 Å². The van der Waals surface area contributed by atoms with E-state index in [1.807, 2.05) is 66.7 Å². The molecule has 3 aromatic carbocycles. The summed E-state index contributed by atoms with van der Waals surface area (Å²) >= 11 is 2.25. The first-order chi connectivity index (χ1) is 13.7. The summed E-state index contributed by atoms with van der Waals surface area (Å²) in [6.07, 6.45) is 1.88. The summed E-state index contributed by atoms with van der Waals surface area (Å²) in [5, 5.41) is 6.05. The predicted octanol–water partition coefficient (Wildman–Crippen LogP) is 5.35. The van der Waals surface area contributed by atoms with Crippen LogP contribution in [0, 0.1) is 3.57 Å². The number of hydrogen-bond acceptors (Lipinski definition) is 3. The van der Waals surface area contributed by atoms with Crippen LogP contribution in [0.15, 0.2) is 78.9 Å². The lowest BCUT2D eigenvalue weighted by atomic mass is 10.1. The van der Waals surface area contributed by atoms with Crippen molar-refractivity contribution in [2.45, 2.75) is 12.8 Å². The van der Waals surface area contributed by atoms with E-state index in [-0.39, 0.29) is 12.5 Å². The van der Waals surface area contributed by atoms with E-state index in [9.17, 15) is 4.79 Å². The molecular weight excluding hydrogens is 463 g/mol. The molecule has 0 unspecified atom stereocenters. The van der Waals surface area contributed by atoms with Crippen molar-refractivity contribution in [2.75, 3.05) is 23.8 Å². The summed E-state index contributed by atoms with van der Waals surface area (Å²) < 4.78 is 7.06. The minimum atomic E-state index is -0.112. The van der Waals surface area contributed by atoms with E-state index in [2.05, 4.69) is 45.4 Å². The fourth-order valence-corrected chi connectivity index (χ4v) is 3.10. The van der Waals surface area contributed by atoms with Gasteiger partial charge in [-0.3, -0.25) is 4.79 Å². The molecule has 0 aliphatic carbocycles. The van der Waals surface area contributed by atoms with Gasteiger partial charge in [0.15, 0.2) is 0 Å². The highest BCUT2D eigenvalue weighted by molar-refractivity contribution is 14.1. The van der Waals surface area contributed by atoms with Crippen LogP contribution in [0.4, 0.5) is 11.4 Å². The molecule has 144 valence electrons. The van der Waals surface area contributed by atoms with Crippen LogP contribution in [-0.2, 0) is 11.2 Å². The molecule has 0 bridgehead atoms. The highest BCUT2D eigenvalue weighted by Crippen LogP contribution is 2.24. The summed E-state index contributed by atoms with van der Waals surface area (Å²) in [7, 11) is 0. The summed E-state index contributed by atoms with van der Waals surface area (Å²) in [5.41, 5.74) is 2.91. The molecule has 1 amide bonds. The van der Waals surface area contributed by atoms with Gasteiger partial charge in [-0.25, -0.2) is 0 Å². The Morgan fingerprint density at radius 3 is 2.39 bits per heavy atom. The Hall–Kier alpha value is -2.54. The number of anilines is 2. The first-order valence-electron chi connectivity index (χ1n) is 9.26. The first-order valence-corrected chi connectivity index (χ1v) is 10.3. The zero-order valence-electron chi connectivity index (χ0n) is 15.5. The lowest BCUT2D eigenvalue weighted by molar-refractivity contribution is -0.114. The summed E-state index contributed by atoms with van der Waals surface area (Å²) in [5.74, 6) is 0.581. The molecule has 0 aliphatic rings. The van der Waals surface area contributed by atoms with Crippen molar-refractivity contribution in [3.63, 3.8) is 0 Å². The summed E-state index contributed by atoms with van der Waals surface area (Å²) in [4.78, 5) is 12.3. The smallest absolute Gasteiger partial charge is 0.243 e. The Kier molecular flexibility index (Phi) is 7.72. The lowest BCUT2D eigenvalue weighted by Crippen LogP contribution is -2.22. The molecule has 0 aliphatic heterocycles. The number of ether oxygens (including phenoxy) is 1. The Labute approximate surface area is 179 Å². The molecule has 0 atom stereocenters. The SMILES string of the molecule is O=C(CNc1ccc(I)cc1)Nc1ccccc1OCCCc1ccccc1. The largest absolute Gasteiger partial charge is 0.491 e. The van der Waals surface area contributed by atoms with E-state index in [4.69, 9.17) is 4.74 Å². The number of aryl methyl sites for hydroxylation is 1. The number of nitrogens with one attached hydrogen (secondary N) is 2. The van der Waals surface area contributed by atoms with Gasteiger partial charge in [0.25, 0.3) is 0 Å². The van der Waals surface area contributed by atoms with Gasteiger partial charge in [0.1, 0.15) is 5.75 Å². The van der Waals surface area contributed by atoms with Gasteiger partial charge in [-0.15, -0.1) is 0 Å². The number of carbonyl (C=O) groups is 1. The molecule has 0 fully saturated rings. The average Bonchev–Trinajstić information content (AvgIpc) is 2.73. The number of para-hydroxylation sites is 2. The molecule has 0 radical (unpaired) electrons. The van der Waals surface area contributed by atoms with Crippen LogP contribution in [0.2, 0.25) is 0 Å². The van der Waals surface area contributed by atoms with Crippen molar-refractivity contribution in [3.05, 3.63) is 88.0 Å². The molecule has 5 heteroatoms. The topological polar surface area (TPSA) is 50.4 Å². The highest BCUT2D eigenvalue weighted by atomic mass is 127. The van der Waals surface area contributed by atoms with Crippen molar-refractivity contribution < 1.29 is 9.53 Å². The number of amides is 1. The van der Waals surface area contributed by atoms with Gasteiger partial charge in [0.05, 0.1) is 18.8 Å². The maximum Gasteiger partial charge on any atom is 0.243 e. The van der Waals surface area contributed by atoms with Gasteiger partial charge >= 0.3 is 0 Å². The summed E-state index contributed by atoms with van der Waals surface area (Å²) in [6, 6.07) is 25.8.